The maximum Gasteiger partial charge on any atom is 0.126 e. The zero-order chi connectivity index (χ0) is 13.9. The van der Waals surface area contributed by atoms with Crippen molar-refractivity contribution < 1.29 is 9.13 Å². The molecule has 0 aliphatic carbocycles. The maximum absolute atomic E-state index is 13.8. The predicted molar refractivity (Wildman–Crippen MR) is 75.9 cm³/mol. The summed E-state index contributed by atoms with van der Waals surface area (Å²) in [5.74, 6) is 6.51. The lowest BCUT2D eigenvalue weighted by molar-refractivity contribution is 0.297. The summed E-state index contributed by atoms with van der Waals surface area (Å²) in [6, 6.07) is 14.7. The Kier molecular flexibility index (Phi) is 3.67. The van der Waals surface area contributed by atoms with E-state index in [0.29, 0.717) is 18.6 Å². The summed E-state index contributed by atoms with van der Waals surface area (Å²) in [4.78, 5) is 0. The second-order valence-corrected chi connectivity index (χ2v) is 5.02. The van der Waals surface area contributed by atoms with Crippen LogP contribution in [0.15, 0.2) is 48.5 Å². The molecule has 0 aromatic heterocycles. The van der Waals surface area contributed by atoms with Crippen LogP contribution in [0.3, 0.4) is 0 Å². The van der Waals surface area contributed by atoms with Crippen molar-refractivity contribution in [2.75, 3.05) is 6.61 Å². The summed E-state index contributed by atoms with van der Waals surface area (Å²) in [6.07, 6.45) is 0.533. The lowest BCUT2D eigenvalue weighted by Crippen LogP contribution is -2.42. The smallest absolute Gasteiger partial charge is 0.126 e. The van der Waals surface area contributed by atoms with Gasteiger partial charge in [0.15, 0.2) is 0 Å². The van der Waals surface area contributed by atoms with Gasteiger partial charge in [-0.2, -0.15) is 0 Å². The number of para-hydroxylation sites is 1. The van der Waals surface area contributed by atoms with Crippen molar-refractivity contribution in [2.24, 2.45) is 5.84 Å². The fraction of sp³-hybridized carbons (Fsp3) is 0.250. The third kappa shape index (κ3) is 2.40. The van der Waals surface area contributed by atoms with Gasteiger partial charge in [0.2, 0.25) is 0 Å². The van der Waals surface area contributed by atoms with E-state index >= 15 is 0 Å². The number of hydrazine groups is 1. The third-order valence-corrected chi connectivity index (χ3v) is 3.83. The minimum atomic E-state index is -0.194. The number of nitrogens with one attached hydrogen (secondary N) is 1. The van der Waals surface area contributed by atoms with Crippen LogP contribution in [0.1, 0.15) is 17.0 Å². The fourth-order valence-corrected chi connectivity index (χ4v) is 2.74. The topological polar surface area (TPSA) is 47.3 Å². The summed E-state index contributed by atoms with van der Waals surface area (Å²) in [5.41, 5.74) is 4.61. The van der Waals surface area contributed by atoms with Crippen molar-refractivity contribution in [1.29, 1.82) is 0 Å². The number of hydrogen-bond acceptors (Lipinski definition) is 3. The van der Waals surface area contributed by atoms with Crippen LogP contribution >= 0.6 is 0 Å². The highest BCUT2D eigenvalue weighted by molar-refractivity contribution is 5.41. The van der Waals surface area contributed by atoms with Gasteiger partial charge in [0.1, 0.15) is 11.6 Å². The summed E-state index contributed by atoms with van der Waals surface area (Å²) in [6.45, 7) is 0.572. The normalized spacial score (nSPS) is 18.4. The largest absolute Gasteiger partial charge is 0.493 e. The summed E-state index contributed by atoms with van der Waals surface area (Å²) in [7, 11) is 0. The van der Waals surface area contributed by atoms with Crippen molar-refractivity contribution in [1.82, 2.24) is 5.43 Å². The molecule has 0 spiro atoms. The second kappa shape index (κ2) is 5.61. The monoisotopic (exact) mass is 272 g/mol. The van der Waals surface area contributed by atoms with Gasteiger partial charge in [0.25, 0.3) is 0 Å². The Bertz CT molecular complexity index is 603. The van der Waals surface area contributed by atoms with Crippen LogP contribution in [0, 0.1) is 5.82 Å². The first-order valence-corrected chi connectivity index (χ1v) is 6.71. The molecular weight excluding hydrogens is 255 g/mol. The lowest BCUT2D eigenvalue weighted by atomic mass is 9.89. The van der Waals surface area contributed by atoms with Gasteiger partial charge in [0.05, 0.1) is 6.61 Å². The van der Waals surface area contributed by atoms with Gasteiger partial charge < -0.3 is 4.74 Å². The first kappa shape index (κ1) is 13.1. The van der Waals surface area contributed by atoms with E-state index in [4.69, 9.17) is 10.6 Å². The standard InChI is InChI=1S/C16H17FN2O/c17-14-7-3-1-5-11(14)9-15(19-18)13-10-20-16-8-4-2-6-12(13)16/h1-8,13,15,19H,9-10,18H2. The molecule has 1 heterocycles. The molecule has 4 heteroatoms. The first-order valence-electron chi connectivity index (χ1n) is 6.71. The highest BCUT2D eigenvalue weighted by Crippen LogP contribution is 2.36. The van der Waals surface area contributed by atoms with Crippen LogP contribution < -0.4 is 16.0 Å². The minimum Gasteiger partial charge on any atom is -0.493 e. The second-order valence-electron chi connectivity index (χ2n) is 5.02. The van der Waals surface area contributed by atoms with Gasteiger partial charge in [0, 0.05) is 17.5 Å². The molecule has 0 saturated heterocycles. The Balaban J connectivity index is 1.83. The zero-order valence-corrected chi connectivity index (χ0v) is 11.1. The molecule has 2 unspecified atom stereocenters. The summed E-state index contributed by atoms with van der Waals surface area (Å²) >= 11 is 0. The van der Waals surface area contributed by atoms with E-state index in [2.05, 4.69) is 5.43 Å². The molecule has 2 aromatic carbocycles. The number of fused-ring (bicyclic) bond motifs is 1. The maximum atomic E-state index is 13.8. The average Bonchev–Trinajstić information content (AvgIpc) is 2.90. The molecule has 3 rings (SSSR count). The van der Waals surface area contributed by atoms with Crippen LogP contribution in [0.4, 0.5) is 4.39 Å². The summed E-state index contributed by atoms with van der Waals surface area (Å²) < 4.78 is 19.4. The Labute approximate surface area is 117 Å². The molecule has 3 nitrogen and oxygen atoms in total. The molecule has 2 atom stereocenters. The molecule has 0 amide bonds. The van der Waals surface area contributed by atoms with E-state index in [-0.39, 0.29) is 17.8 Å². The zero-order valence-electron chi connectivity index (χ0n) is 11.1. The Morgan fingerprint density at radius 2 is 1.95 bits per heavy atom. The van der Waals surface area contributed by atoms with Crippen LogP contribution in [-0.4, -0.2) is 12.6 Å². The number of hydrogen-bond donors (Lipinski definition) is 2. The molecule has 1 aliphatic rings. The van der Waals surface area contributed by atoms with E-state index < -0.39 is 0 Å². The molecule has 2 aromatic rings. The van der Waals surface area contributed by atoms with E-state index in [0.717, 1.165) is 11.3 Å². The molecular formula is C16H17FN2O. The quantitative estimate of drug-likeness (QED) is 0.663. The molecule has 0 radical (unpaired) electrons. The average molecular weight is 272 g/mol. The Morgan fingerprint density at radius 3 is 2.75 bits per heavy atom. The number of nitrogens with two attached hydrogens (primary N) is 1. The number of rotatable bonds is 4. The van der Waals surface area contributed by atoms with Gasteiger partial charge in [-0.05, 0) is 24.1 Å². The SMILES string of the molecule is NNC(Cc1ccccc1F)C1COc2ccccc21. The molecule has 0 bridgehead atoms. The Morgan fingerprint density at radius 1 is 1.20 bits per heavy atom. The van der Waals surface area contributed by atoms with Gasteiger partial charge in [-0.25, -0.2) is 4.39 Å². The van der Waals surface area contributed by atoms with Gasteiger partial charge in [-0.3, -0.25) is 11.3 Å². The van der Waals surface area contributed by atoms with E-state index in [1.54, 1.807) is 12.1 Å². The van der Waals surface area contributed by atoms with Crippen LogP contribution in [0.5, 0.6) is 5.75 Å². The van der Waals surface area contributed by atoms with Crippen molar-refractivity contribution in [2.45, 2.75) is 18.4 Å². The third-order valence-electron chi connectivity index (χ3n) is 3.83. The molecule has 0 saturated carbocycles. The molecule has 20 heavy (non-hydrogen) atoms. The van der Waals surface area contributed by atoms with E-state index in [1.807, 2.05) is 30.3 Å². The van der Waals surface area contributed by atoms with Crippen molar-refractivity contribution >= 4 is 0 Å². The molecule has 0 fully saturated rings. The van der Waals surface area contributed by atoms with Crippen LogP contribution in [-0.2, 0) is 6.42 Å². The van der Waals surface area contributed by atoms with Crippen molar-refractivity contribution in [3.8, 4) is 5.75 Å². The molecule has 104 valence electrons. The number of benzene rings is 2. The fourth-order valence-electron chi connectivity index (χ4n) is 2.74. The van der Waals surface area contributed by atoms with Gasteiger partial charge in [-0.1, -0.05) is 36.4 Å². The number of ether oxygens (including phenoxy) is 1. The molecule has 1 aliphatic heterocycles. The predicted octanol–water partition coefficient (Wildman–Crippen LogP) is 2.38. The number of halogens is 1. The van der Waals surface area contributed by atoms with Gasteiger partial charge >= 0.3 is 0 Å². The summed E-state index contributed by atoms with van der Waals surface area (Å²) in [5, 5.41) is 0. The lowest BCUT2D eigenvalue weighted by Gasteiger charge is -2.22. The van der Waals surface area contributed by atoms with Crippen LogP contribution in [0.2, 0.25) is 0 Å². The van der Waals surface area contributed by atoms with E-state index in [1.165, 1.54) is 6.07 Å². The van der Waals surface area contributed by atoms with E-state index in [9.17, 15) is 4.39 Å². The highest BCUT2D eigenvalue weighted by Gasteiger charge is 2.31. The van der Waals surface area contributed by atoms with Crippen LogP contribution in [0.25, 0.3) is 0 Å². The molecule has 3 N–H and O–H groups in total. The van der Waals surface area contributed by atoms with Gasteiger partial charge in [-0.15, -0.1) is 0 Å². The van der Waals surface area contributed by atoms with Crippen molar-refractivity contribution in [3.05, 3.63) is 65.5 Å². The first-order chi connectivity index (χ1) is 9.79. The highest BCUT2D eigenvalue weighted by atomic mass is 19.1. The minimum absolute atomic E-state index is 0.0597. The Hall–Kier alpha value is -1.91. The van der Waals surface area contributed by atoms with Crippen molar-refractivity contribution in [3.63, 3.8) is 0 Å².